The first kappa shape index (κ1) is 18.2. The Hall–Kier alpha value is -3.16. The van der Waals surface area contributed by atoms with Gasteiger partial charge in [0.15, 0.2) is 11.4 Å². The van der Waals surface area contributed by atoms with Gasteiger partial charge in [-0.15, -0.1) is 0 Å². The van der Waals surface area contributed by atoms with E-state index < -0.39 is 11.9 Å². The first-order valence-electron chi connectivity index (χ1n) is 9.40. The van der Waals surface area contributed by atoms with E-state index in [-0.39, 0.29) is 18.5 Å². The summed E-state index contributed by atoms with van der Waals surface area (Å²) < 4.78 is 7.25. The van der Waals surface area contributed by atoms with Crippen LogP contribution in [0.15, 0.2) is 35.1 Å². The maximum atomic E-state index is 13.3. The second kappa shape index (κ2) is 7.10. The number of furan rings is 1. The van der Waals surface area contributed by atoms with Crippen molar-refractivity contribution in [2.75, 3.05) is 13.1 Å². The normalized spacial score (nSPS) is 17.4. The van der Waals surface area contributed by atoms with Crippen LogP contribution < -0.4 is 0 Å². The highest BCUT2D eigenvalue weighted by Gasteiger charge is 2.30. The number of aliphatic carboxylic acids is 1. The number of hydrogen-bond donors (Lipinski definition) is 1. The molecular weight excluding hydrogens is 360 g/mol. The molecule has 0 aliphatic carbocycles. The molecule has 8 heteroatoms. The van der Waals surface area contributed by atoms with Gasteiger partial charge >= 0.3 is 5.97 Å². The van der Waals surface area contributed by atoms with Crippen molar-refractivity contribution in [2.45, 2.75) is 32.7 Å². The van der Waals surface area contributed by atoms with Crippen molar-refractivity contribution in [1.29, 1.82) is 0 Å². The van der Waals surface area contributed by atoms with Crippen molar-refractivity contribution in [3.8, 4) is 11.5 Å². The minimum Gasteiger partial charge on any atom is -0.481 e. The van der Waals surface area contributed by atoms with Crippen LogP contribution in [-0.2, 0) is 4.79 Å². The molecule has 1 amide bonds. The summed E-state index contributed by atoms with van der Waals surface area (Å²) >= 11 is 0. The average molecular weight is 382 g/mol. The number of carboxylic acid groups (broad SMARTS) is 1. The number of pyridine rings is 1. The molecule has 146 valence electrons. The lowest BCUT2D eigenvalue weighted by atomic mass is 9.97. The molecule has 0 radical (unpaired) electrons. The molecular formula is C20H22N4O4. The summed E-state index contributed by atoms with van der Waals surface area (Å²) in [6.07, 6.45) is 4.48. The third-order valence-electron chi connectivity index (χ3n) is 5.12. The van der Waals surface area contributed by atoms with E-state index in [0.29, 0.717) is 47.4 Å². The van der Waals surface area contributed by atoms with Crippen molar-refractivity contribution in [3.05, 3.63) is 36.2 Å². The van der Waals surface area contributed by atoms with Crippen LogP contribution in [0.4, 0.5) is 0 Å². The molecule has 0 aromatic carbocycles. The van der Waals surface area contributed by atoms with E-state index in [0.717, 1.165) is 0 Å². The van der Waals surface area contributed by atoms with E-state index in [4.69, 9.17) is 4.42 Å². The Kier molecular flexibility index (Phi) is 4.62. The number of carbonyl (C=O) groups excluding carboxylic acids is 1. The number of amides is 1. The maximum Gasteiger partial charge on any atom is 0.308 e. The van der Waals surface area contributed by atoms with Crippen LogP contribution in [0.3, 0.4) is 0 Å². The van der Waals surface area contributed by atoms with Crippen molar-refractivity contribution < 1.29 is 19.1 Å². The first-order valence-corrected chi connectivity index (χ1v) is 9.40. The average Bonchev–Trinajstić information content (AvgIpc) is 3.36. The summed E-state index contributed by atoms with van der Waals surface area (Å²) in [6.45, 7) is 4.75. The molecule has 0 bridgehead atoms. The van der Waals surface area contributed by atoms with Gasteiger partial charge in [0.1, 0.15) is 5.69 Å². The van der Waals surface area contributed by atoms with Crippen molar-refractivity contribution in [2.24, 2.45) is 5.92 Å². The predicted molar refractivity (Wildman–Crippen MR) is 102 cm³/mol. The highest BCUT2D eigenvalue weighted by molar-refractivity contribution is 6.06. The molecule has 3 aromatic heterocycles. The zero-order chi connectivity index (χ0) is 19.8. The van der Waals surface area contributed by atoms with Crippen molar-refractivity contribution >= 4 is 22.9 Å². The van der Waals surface area contributed by atoms with Crippen LogP contribution in [0.2, 0.25) is 0 Å². The lowest BCUT2D eigenvalue weighted by molar-refractivity contribution is -0.143. The summed E-state index contributed by atoms with van der Waals surface area (Å²) in [5, 5.41) is 14.4. The zero-order valence-electron chi connectivity index (χ0n) is 15.8. The van der Waals surface area contributed by atoms with Crippen molar-refractivity contribution in [3.63, 3.8) is 0 Å². The Bertz CT molecular complexity index is 1020. The lowest BCUT2D eigenvalue weighted by Crippen LogP contribution is -2.42. The Morgan fingerprint density at radius 2 is 2.18 bits per heavy atom. The van der Waals surface area contributed by atoms with Crippen LogP contribution in [0.5, 0.6) is 0 Å². The molecule has 1 atom stereocenters. The summed E-state index contributed by atoms with van der Waals surface area (Å²) in [4.78, 5) is 31.0. The van der Waals surface area contributed by atoms with E-state index in [1.807, 2.05) is 13.8 Å². The monoisotopic (exact) mass is 382 g/mol. The summed E-state index contributed by atoms with van der Waals surface area (Å²) in [5.41, 5.74) is 1.63. The highest BCUT2D eigenvalue weighted by Crippen LogP contribution is 2.28. The van der Waals surface area contributed by atoms with E-state index in [1.165, 1.54) is 0 Å². The van der Waals surface area contributed by atoms with Gasteiger partial charge in [-0.1, -0.05) is 0 Å². The molecule has 0 saturated carbocycles. The van der Waals surface area contributed by atoms with Gasteiger partial charge in [-0.05, 0) is 44.9 Å². The summed E-state index contributed by atoms with van der Waals surface area (Å²) in [6, 6.07) is 5.34. The number of hydrogen-bond acceptors (Lipinski definition) is 5. The molecule has 1 fully saturated rings. The summed E-state index contributed by atoms with van der Waals surface area (Å²) in [7, 11) is 0. The molecule has 28 heavy (non-hydrogen) atoms. The maximum absolute atomic E-state index is 13.3. The molecule has 1 unspecified atom stereocenters. The number of likely N-dealkylation sites (tertiary alicyclic amines) is 1. The van der Waals surface area contributed by atoms with E-state index >= 15 is 0 Å². The van der Waals surface area contributed by atoms with Gasteiger partial charge in [0, 0.05) is 19.1 Å². The Balaban J connectivity index is 1.81. The van der Waals surface area contributed by atoms with Gasteiger partial charge in [0.25, 0.3) is 5.91 Å². The van der Waals surface area contributed by atoms with E-state index in [1.54, 1.807) is 40.2 Å². The fourth-order valence-corrected chi connectivity index (χ4v) is 3.66. The van der Waals surface area contributed by atoms with Gasteiger partial charge < -0.3 is 14.4 Å². The number of carboxylic acids is 1. The molecule has 1 saturated heterocycles. The Morgan fingerprint density at radius 1 is 1.36 bits per heavy atom. The van der Waals surface area contributed by atoms with Crippen molar-refractivity contribution in [1.82, 2.24) is 19.7 Å². The van der Waals surface area contributed by atoms with Crippen LogP contribution in [0.1, 0.15) is 43.1 Å². The van der Waals surface area contributed by atoms with E-state index in [2.05, 4.69) is 10.1 Å². The fraction of sp³-hybridized carbons (Fsp3) is 0.400. The Labute approximate surface area is 161 Å². The molecule has 1 aliphatic rings. The molecule has 8 nitrogen and oxygen atoms in total. The van der Waals surface area contributed by atoms with E-state index in [9.17, 15) is 14.7 Å². The molecule has 4 rings (SSSR count). The second-order valence-electron chi connectivity index (χ2n) is 7.38. The van der Waals surface area contributed by atoms with Gasteiger partial charge in [-0.3, -0.25) is 9.59 Å². The standard InChI is InChI=1S/C20H22N4O4/c1-12(2)24-18-15(10-21-24)14(9-16(22-18)17-6-4-8-28-17)19(25)23-7-3-5-13(11-23)20(26)27/h4,6,8-10,12-13H,3,5,7,11H2,1-2H3,(H,26,27). The molecule has 1 N–H and O–H groups in total. The van der Waals surface area contributed by atoms with Crippen LogP contribution in [0, 0.1) is 5.92 Å². The van der Waals surface area contributed by atoms with Crippen LogP contribution in [0.25, 0.3) is 22.5 Å². The quantitative estimate of drug-likeness (QED) is 0.743. The topological polar surface area (TPSA) is 101 Å². The molecule has 4 heterocycles. The first-order chi connectivity index (χ1) is 13.5. The number of piperidine rings is 1. The highest BCUT2D eigenvalue weighted by atomic mass is 16.4. The number of fused-ring (bicyclic) bond motifs is 1. The molecule has 0 spiro atoms. The number of nitrogens with zero attached hydrogens (tertiary/aromatic N) is 4. The summed E-state index contributed by atoms with van der Waals surface area (Å²) in [5.74, 6) is -1.02. The predicted octanol–water partition coefficient (Wildman–Crippen LogP) is 3.21. The van der Waals surface area contributed by atoms with Gasteiger partial charge in [-0.25, -0.2) is 9.67 Å². The number of rotatable bonds is 4. The lowest BCUT2D eigenvalue weighted by Gasteiger charge is -2.31. The smallest absolute Gasteiger partial charge is 0.308 e. The van der Waals surface area contributed by atoms with Crippen LogP contribution in [-0.4, -0.2) is 49.7 Å². The second-order valence-corrected chi connectivity index (χ2v) is 7.38. The fourth-order valence-electron chi connectivity index (χ4n) is 3.66. The molecule has 1 aliphatic heterocycles. The minimum atomic E-state index is -0.860. The molecule has 3 aromatic rings. The number of carbonyl (C=O) groups is 2. The van der Waals surface area contributed by atoms with Gasteiger partial charge in [0.2, 0.25) is 0 Å². The van der Waals surface area contributed by atoms with Crippen LogP contribution >= 0.6 is 0 Å². The van der Waals surface area contributed by atoms with Gasteiger partial charge in [0.05, 0.1) is 29.3 Å². The zero-order valence-corrected chi connectivity index (χ0v) is 15.8. The van der Waals surface area contributed by atoms with Gasteiger partial charge in [-0.2, -0.15) is 5.10 Å². The third kappa shape index (κ3) is 3.15. The minimum absolute atomic E-state index is 0.0752. The third-order valence-corrected chi connectivity index (χ3v) is 5.12. The Morgan fingerprint density at radius 3 is 2.86 bits per heavy atom. The number of aromatic nitrogens is 3. The largest absolute Gasteiger partial charge is 0.481 e. The SMILES string of the molecule is CC(C)n1ncc2c(C(=O)N3CCCC(C(=O)O)C3)cc(-c3ccco3)nc21.